The number of aromatic nitrogens is 2. The Labute approximate surface area is 82.7 Å². The maximum atomic E-state index is 11.2. The molecule has 0 amide bonds. The topological polar surface area (TPSA) is 34.9 Å². The lowest BCUT2D eigenvalue weighted by Gasteiger charge is -2.07. The summed E-state index contributed by atoms with van der Waals surface area (Å²) in [6, 6.07) is 0.330. The number of ketones is 1. The van der Waals surface area contributed by atoms with E-state index in [1.165, 1.54) is 0 Å². The van der Waals surface area contributed by atoms with Crippen molar-refractivity contribution in [1.29, 1.82) is 0 Å². The molecular weight excluding hydrogens is 188 g/mol. The second kappa shape index (κ2) is 4.42. The highest BCUT2D eigenvalue weighted by atomic mass is 35.5. The molecule has 1 aromatic heterocycles. The molecule has 0 aliphatic heterocycles. The van der Waals surface area contributed by atoms with Crippen LogP contribution in [0.5, 0.6) is 0 Å². The number of rotatable bonds is 4. The SMILES string of the molecule is CCC(C)n1cc(C(=O)CCl)cn1. The number of hydrogen-bond donors (Lipinski definition) is 0. The zero-order chi connectivity index (χ0) is 9.84. The average molecular weight is 201 g/mol. The molecule has 0 radical (unpaired) electrons. The number of carbonyl (C=O) groups is 1. The molecule has 0 N–H and O–H groups in total. The van der Waals surface area contributed by atoms with Gasteiger partial charge in [-0.1, -0.05) is 6.92 Å². The Morgan fingerprint density at radius 3 is 3.00 bits per heavy atom. The molecule has 0 saturated carbocycles. The monoisotopic (exact) mass is 200 g/mol. The van der Waals surface area contributed by atoms with Gasteiger partial charge >= 0.3 is 0 Å². The van der Waals surface area contributed by atoms with Crippen LogP contribution in [-0.4, -0.2) is 21.4 Å². The summed E-state index contributed by atoms with van der Waals surface area (Å²) in [6.07, 6.45) is 4.31. The molecule has 1 atom stereocenters. The zero-order valence-electron chi connectivity index (χ0n) is 7.83. The predicted molar refractivity (Wildman–Crippen MR) is 52.3 cm³/mol. The van der Waals surface area contributed by atoms with Crippen LogP contribution in [0.15, 0.2) is 12.4 Å². The second-order valence-electron chi connectivity index (χ2n) is 3.02. The molecule has 0 aliphatic rings. The van der Waals surface area contributed by atoms with Gasteiger partial charge in [0.25, 0.3) is 0 Å². The van der Waals surface area contributed by atoms with E-state index < -0.39 is 0 Å². The van der Waals surface area contributed by atoms with Crippen molar-refractivity contribution in [3.63, 3.8) is 0 Å². The molecule has 0 aliphatic carbocycles. The average Bonchev–Trinajstić information content (AvgIpc) is 2.64. The van der Waals surface area contributed by atoms with E-state index in [-0.39, 0.29) is 11.7 Å². The molecule has 1 heterocycles. The second-order valence-corrected chi connectivity index (χ2v) is 3.29. The first-order chi connectivity index (χ1) is 6.19. The van der Waals surface area contributed by atoms with Gasteiger partial charge in [-0.15, -0.1) is 11.6 Å². The summed E-state index contributed by atoms with van der Waals surface area (Å²) in [6.45, 7) is 4.14. The highest BCUT2D eigenvalue weighted by molar-refractivity contribution is 6.30. The highest BCUT2D eigenvalue weighted by Crippen LogP contribution is 2.10. The molecule has 0 fully saturated rings. The summed E-state index contributed by atoms with van der Waals surface area (Å²) in [5.74, 6) is -0.0529. The fraction of sp³-hybridized carbons (Fsp3) is 0.556. The van der Waals surface area contributed by atoms with E-state index in [1.807, 2.05) is 0 Å². The van der Waals surface area contributed by atoms with E-state index in [1.54, 1.807) is 17.1 Å². The molecule has 4 heteroatoms. The van der Waals surface area contributed by atoms with Crippen LogP contribution in [0.1, 0.15) is 36.7 Å². The third-order valence-electron chi connectivity index (χ3n) is 2.09. The summed E-state index contributed by atoms with van der Waals surface area (Å²) in [5.41, 5.74) is 0.593. The molecular formula is C9H13ClN2O. The van der Waals surface area contributed by atoms with Gasteiger partial charge in [-0.2, -0.15) is 5.10 Å². The predicted octanol–water partition coefficient (Wildman–Crippen LogP) is 2.28. The van der Waals surface area contributed by atoms with Crippen LogP contribution in [0.3, 0.4) is 0 Å². The largest absolute Gasteiger partial charge is 0.293 e. The lowest BCUT2D eigenvalue weighted by atomic mass is 10.2. The maximum absolute atomic E-state index is 11.2. The standard InChI is InChI=1S/C9H13ClN2O/c1-3-7(2)12-6-8(5-11-12)9(13)4-10/h5-7H,3-4H2,1-2H3. The van der Waals surface area contributed by atoms with Crippen LogP contribution in [0.4, 0.5) is 0 Å². The minimum Gasteiger partial charge on any atom is -0.293 e. The Kier molecular flexibility index (Phi) is 3.48. The molecule has 13 heavy (non-hydrogen) atoms. The third kappa shape index (κ3) is 2.31. The number of alkyl halides is 1. The minimum atomic E-state index is -0.0729. The summed E-state index contributed by atoms with van der Waals surface area (Å²) in [7, 11) is 0. The Bertz CT molecular complexity index is 296. The van der Waals surface area contributed by atoms with Crippen LogP contribution in [-0.2, 0) is 0 Å². The number of carbonyl (C=O) groups excluding carboxylic acids is 1. The lowest BCUT2D eigenvalue weighted by Crippen LogP contribution is -2.04. The van der Waals surface area contributed by atoms with Crippen molar-refractivity contribution in [3.05, 3.63) is 18.0 Å². The Morgan fingerprint density at radius 1 is 1.77 bits per heavy atom. The van der Waals surface area contributed by atoms with Gasteiger partial charge in [-0.25, -0.2) is 0 Å². The van der Waals surface area contributed by atoms with Crippen molar-refractivity contribution in [2.45, 2.75) is 26.3 Å². The van der Waals surface area contributed by atoms with Crippen molar-refractivity contribution in [1.82, 2.24) is 9.78 Å². The van der Waals surface area contributed by atoms with Crippen LogP contribution < -0.4 is 0 Å². The summed E-state index contributed by atoms with van der Waals surface area (Å²) >= 11 is 5.42. The van der Waals surface area contributed by atoms with Gasteiger partial charge in [0.2, 0.25) is 0 Å². The molecule has 1 unspecified atom stereocenters. The first kappa shape index (κ1) is 10.3. The van der Waals surface area contributed by atoms with Crippen LogP contribution in [0.25, 0.3) is 0 Å². The van der Waals surface area contributed by atoms with E-state index >= 15 is 0 Å². The van der Waals surface area contributed by atoms with Crippen LogP contribution in [0.2, 0.25) is 0 Å². The van der Waals surface area contributed by atoms with Gasteiger partial charge in [0.15, 0.2) is 5.78 Å². The van der Waals surface area contributed by atoms with Crippen molar-refractivity contribution in [3.8, 4) is 0 Å². The molecule has 3 nitrogen and oxygen atoms in total. The first-order valence-electron chi connectivity index (χ1n) is 4.32. The number of halogens is 1. The highest BCUT2D eigenvalue weighted by Gasteiger charge is 2.09. The smallest absolute Gasteiger partial charge is 0.180 e. The van der Waals surface area contributed by atoms with Gasteiger partial charge < -0.3 is 0 Å². The van der Waals surface area contributed by atoms with Gasteiger partial charge in [-0.05, 0) is 13.3 Å². The van der Waals surface area contributed by atoms with Crippen molar-refractivity contribution in [2.75, 3.05) is 5.88 Å². The van der Waals surface area contributed by atoms with Crippen LogP contribution >= 0.6 is 11.6 Å². The lowest BCUT2D eigenvalue weighted by molar-refractivity contribution is 0.102. The van der Waals surface area contributed by atoms with Crippen molar-refractivity contribution >= 4 is 17.4 Å². The molecule has 0 bridgehead atoms. The van der Waals surface area contributed by atoms with E-state index in [0.717, 1.165) is 6.42 Å². The van der Waals surface area contributed by atoms with Gasteiger partial charge in [-0.3, -0.25) is 9.48 Å². The van der Waals surface area contributed by atoms with Crippen molar-refractivity contribution in [2.24, 2.45) is 0 Å². The molecule has 0 spiro atoms. The van der Waals surface area contributed by atoms with Crippen molar-refractivity contribution < 1.29 is 4.79 Å². The van der Waals surface area contributed by atoms with Gasteiger partial charge in [0, 0.05) is 12.2 Å². The number of Topliss-reactive ketones (excluding diaryl/α,β-unsaturated/α-hetero) is 1. The molecule has 72 valence electrons. The molecule has 0 saturated heterocycles. The fourth-order valence-electron chi connectivity index (χ4n) is 0.987. The fourth-order valence-corrected chi connectivity index (χ4v) is 1.14. The van der Waals surface area contributed by atoms with E-state index in [9.17, 15) is 4.79 Å². The maximum Gasteiger partial charge on any atom is 0.180 e. The van der Waals surface area contributed by atoms with E-state index in [2.05, 4.69) is 18.9 Å². The summed E-state index contributed by atoms with van der Waals surface area (Å²) < 4.78 is 1.79. The van der Waals surface area contributed by atoms with Gasteiger partial charge in [0.1, 0.15) is 0 Å². The first-order valence-corrected chi connectivity index (χ1v) is 4.85. The number of nitrogens with zero attached hydrogens (tertiary/aromatic N) is 2. The Hall–Kier alpha value is -0.830. The molecule has 1 rings (SSSR count). The Balaban J connectivity index is 2.80. The normalized spacial score (nSPS) is 12.8. The third-order valence-corrected chi connectivity index (χ3v) is 2.33. The Morgan fingerprint density at radius 2 is 2.46 bits per heavy atom. The van der Waals surface area contributed by atoms with Gasteiger partial charge in [0.05, 0.1) is 17.6 Å². The summed E-state index contributed by atoms with van der Waals surface area (Å²) in [5, 5.41) is 4.09. The van der Waals surface area contributed by atoms with E-state index in [0.29, 0.717) is 11.6 Å². The van der Waals surface area contributed by atoms with E-state index in [4.69, 9.17) is 11.6 Å². The quantitative estimate of drug-likeness (QED) is 0.552. The molecule has 0 aromatic carbocycles. The van der Waals surface area contributed by atoms with Crippen LogP contribution in [0, 0.1) is 0 Å². The number of hydrogen-bond acceptors (Lipinski definition) is 2. The minimum absolute atomic E-state index is 0.0200. The molecule has 1 aromatic rings. The summed E-state index contributed by atoms with van der Waals surface area (Å²) in [4.78, 5) is 11.2. The zero-order valence-corrected chi connectivity index (χ0v) is 8.58.